The quantitative estimate of drug-likeness (QED) is 0.664. The second-order valence-electron chi connectivity index (χ2n) is 6.31. The van der Waals surface area contributed by atoms with E-state index in [9.17, 15) is 14.7 Å². The number of aromatic amines is 1. The Morgan fingerprint density at radius 1 is 1.22 bits per heavy atom. The number of pyridine rings is 1. The van der Waals surface area contributed by atoms with Gasteiger partial charge in [0.05, 0.1) is 26.8 Å². The molecule has 1 saturated heterocycles. The van der Waals surface area contributed by atoms with Gasteiger partial charge in [-0.05, 0) is 6.07 Å². The van der Waals surface area contributed by atoms with Crippen LogP contribution in [-0.4, -0.2) is 68.0 Å². The van der Waals surface area contributed by atoms with E-state index in [2.05, 4.69) is 10.3 Å². The minimum atomic E-state index is -0.898. The van der Waals surface area contributed by atoms with E-state index in [0.29, 0.717) is 59.9 Å². The lowest BCUT2D eigenvalue weighted by molar-refractivity contribution is -0.140. The van der Waals surface area contributed by atoms with Crippen molar-refractivity contribution in [3.05, 3.63) is 28.0 Å². The van der Waals surface area contributed by atoms with E-state index in [1.54, 1.807) is 12.1 Å². The number of aromatic nitrogens is 1. The molecular formula is C18H23N3O6. The molecule has 0 radical (unpaired) electrons. The van der Waals surface area contributed by atoms with Crippen molar-refractivity contribution in [1.82, 2.24) is 15.2 Å². The molecule has 9 heteroatoms. The number of piperazine rings is 1. The molecule has 0 unspecified atom stereocenters. The van der Waals surface area contributed by atoms with E-state index >= 15 is 0 Å². The first-order valence-corrected chi connectivity index (χ1v) is 8.52. The summed E-state index contributed by atoms with van der Waals surface area (Å²) in [5, 5.41) is 12.8. The molecule has 1 aliphatic rings. The number of carboxylic acid groups (broad SMARTS) is 1. The SMILES string of the molecule is COc1cc2[nH]c(=O)c(CN3CCN[C@H](C(=O)O)C3)cc2c(OC)c1OC. The number of fused-ring (bicyclic) bond motifs is 1. The van der Waals surface area contributed by atoms with Crippen LogP contribution in [-0.2, 0) is 11.3 Å². The fraction of sp³-hybridized carbons (Fsp3) is 0.444. The van der Waals surface area contributed by atoms with E-state index in [-0.39, 0.29) is 5.56 Å². The Morgan fingerprint density at radius 2 is 1.96 bits per heavy atom. The lowest BCUT2D eigenvalue weighted by Gasteiger charge is -2.31. The van der Waals surface area contributed by atoms with Gasteiger partial charge < -0.3 is 29.6 Å². The van der Waals surface area contributed by atoms with Gasteiger partial charge in [0.1, 0.15) is 6.04 Å². The molecule has 1 atom stereocenters. The predicted octanol–water partition coefficient (Wildman–Crippen LogP) is 0.412. The molecule has 0 amide bonds. The zero-order chi connectivity index (χ0) is 19.6. The van der Waals surface area contributed by atoms with Crippen LogP contribution in [0.3, 0.4) is 0 Å². The molecule has 3 N–H and O–H groups in total. The molecule has 0 bridgehead atoms. The van der Waals surface area contributed by atoms with E-state index < -0.39 is 12.0 Å². The zero-order valence-electron chi connectivity index (χ0n) is 15.5. The number of ether oxygens (including phenoxy) is 3. The second-order valence-corrected chi connectivity index (χ2v) is 6.31. The van der Waals surface area contributed by atoms with Crippen molar-refractivity contribution in [3.8, 4) is 17.2 Å². The zero-order valence-corrected chi connectivity index (χ0v) is 15.5. The number of methoxy groups -OCH3 is 3. The van der Waals surface area contributed by atoms with Gasteiger partial charge in [-0.15, -0.1) is 0 Å². The Morgan fingerprint density at radius 3 is 2.59 bits per heavy atom. The lowest BCUT2D eigenvalue weighted by Crippen LogP contribution is -2.54. The van der Waals surface area contributed by atoms with Gasteiger partial charge in [-0.1, -0.05) is 0 Å². The molecule has 146 valence electrons. The van der Waals surface area contributed by atoms with Crippen LogP contribution in [0.15, 0.2) is 16.9 Å². The molecular weight excluding hydrogens is 354 g/mol. The van der Waals surface area contributed by atoms with E-state index in [4.69, 9.17) is 14.2 Å². The molecule has 3 rings (SSSR count). The molecule has 2 aromatic rings. The number of rotatable bonds is 6. The van der Waals surface area contributed by atoms with Crippen molar-refractivity contribution < 1.29 is 24.1 Å². The number of hydrogen-bond donors (Lipinski definition) is 3. The number of carbonyl (C=O) groups is 1. The van der Waals surface area contributed by atoms with Gasteiger partial charge in [0.2, 0.25) is 5.75 Å². The number of aliphatic carboxylic acids is 1. The third-order valence-electron chi connectivity index (χ3n) is 4.68. The first kappa shape index (κ1) is 19.0. The van der Waals surface area contributed by atoms with Crippen LogP contribution in [0.2, 0.25) is 0 Å². The number of benzene rings is 1. The maximum absolute atomic E-state index is 12.5. The summed E-state index contributed by atoms with van der Waals surface area (Å²) < 4.78 is 16.2. The normalized spacial score (nSPS) is 17.7. The fourth-order valence-electron chi connectivity index (χ4n) is 3.35. The van der Waals surface area contributed by atoms with E-state index in [0.717, 1.165) is 0 Å². The minimum Gasteiger partial charge on any atom is -0.493 e. The van der Waals surface area contributed by atoms with Crippen LogP contribution in [0.4, 0.5) is 0 Å². The number of nitrogens with one attached hydrogen (secondary N) is 2. The minimum absolute atomic E-state index is 0.234. The number of H-pyrrole nitrogens is 1. The molecule has 2 heterocycles. The Bertz CT molecular complexity index is 910. The second kappa shape index (κ2) is 7.85. The molecule has 1 aliphatic heterocycles. The highest BCUT2D eigenvalue weighted by atomic mass is 16.5. The Kier molecular flexibility index (Phi) is 5.52. The Balaban J connectivity index is 2.00. The van der Waals surface area contributed by atoms with Gasteiger partial charge in [0.25, 0.3) is 5.56 Å². The number of nitrogens with zero attached hydrogens (tertiary/aromatic N) is 1. The molecule has 0 aliphatic carbocycles. The summed E-state index contributed by atoms with van der Waals surface area (Å²) in [6.45, 7) is 1.88. The average Bonchev–Trinajstić information content (AvgIpc) is 2.67. The molecule has 0 spiro atoms. The first-order valence-electron chi connectivity index (χ1n) is 8.52. The van der Waals surface area contributed by atoms with Gasteiger partial charge in [-0.25, -0.2) is 0 Å². The summed E-state index contributed by atoms with van der Waals surface area (Å²) in [6, 6.07) is 2.80. The highest BCUT2D eigenvalue weighted by Gasteiger charge is 2.25. The highest BCUT2D eigenvalue weighted by molar-refractivity contribution is 5.90. The molecule has 27 heavy (non-hydrogen) atoms. The van der Waals surface area contributed by atoms with Crippen molar-refractivity contribution in [3.63, 3.8) is 0 Å². The summed E-state index contributed by atoms with van der Waals surface area (Å²) in [7, 11) is 4.56. The summed E-state index contributed by atoms with van der Waals surface area (Å²) in [6.07, 6.45) is 0. The Labute approximate surface area is 155 Å². The van der Waals surface area contributed by atoms with Crippen LogP contribution < -0.4 is 25.1 Å². The Hall–Kier alpha value is -2.78. The molecule has 9 nitrogen and oxygen atoms in total. The highest BCUT2D eigenvalue weighted by Crippen LogP contribution is 2.42. The fourth-order valence-corrected chi connectivity index (χ4v) is 3.35. The van der Waals surface area contributed by atoms with E-state index in [1.165, 1.54) is 21.3 Å². The topological polar surface area (TPSA) is 113 Å². The van der Waals surface area contributed by atoms with Crippen molar-refractivity contribution in [1.29, 1.82) is 0 Å². The van der Waals surface area contributed by atoms with Crippen molar-refractivity contribution >= 4 is 16.9 Å². The number of hydrogen-bond acceptors (Lipinski definition) is 7. The maximum Gasteiger partial charge on any atom is 0.322 e. The maximum atomic E-state index is 12.5. The molecule has 1 aromatic carbocycles. The van der Waals surface area contributed by atoms with Crippen LogP contribution in [0.5, 0.6) is 17.2 Å². The van der Waals surface area contributed by atoms with E-state index in [1.807, 2.05) is 4.90 Å². The molecule has 0 saturated carbocycles. The standard InChI is InChI=1S/C18H23N3O6/c1-25-14-7-12-11(15(26-2)16(14)27-3)6-10(17(22)20-12)8-21-5-4-19-13(9-21)18(23)24/h6-7,13,19H,4-5,8-9H2,1-3H3,(H,20,22)(H,23,24)/t13-/m0/s1. The monoisotopic (exact) mass is 377 g/mol. The van der Waals surface area contributed by atoms with Gasteiger partial charge in [-0.3, -0.25) is 14.5 Å². The van der Waals surface area contributed by atoms with Gasteiger partial charge >= 0.3 is 5.97 Å². The first-order chi connectivity index (χ1) is 13.0. The van der Waals surface area contributed by atoms with Crippen LogP contribution in [0.1, 0.15) is 5.56 Å². The van der Waals surface area contributed by atoms with Gasteiger partial charge in [-0.2, -0.15) is 0 Å². The summed E-state index contributed by atoms with van der Waals surface area (Å²) >= 11 is 0. The van der Waals surface area contributed by atoms with Crippen molar-refractivity contribution in [2.24, 2.45) is 0 Å². The van der Waals surface area contributed by atoms with Gasteiger partial charge in [0.15, 0.2) is 11.5 Å². The van der Waals surface area contributed by atoms with Crippen LogP contribution >= 0.6 is 0 Å². The summed E-state index contributed by atoms with van der Waals surface area (Å²) in [5.41, 5.74) is 0.864. The van der Waals surface area contributed by atoms with Crippen molar-refractivity contribution in [2.45, 2.75) is 12.6 Å². The molecule has 1 fully saturated rings. The van der Waals surface area contributed by atoms with Crippen LogP contribution in [0, 0.1) is 0 Å². The summed E-state index contributed by atoms with van der Waals surface area (Å²) in [5.74, 6) is 0.467. The number of carboxylic acids is 1. The lowest BCUT2D eigenvalue weighted by atomic mass is 10.1. The van der Waals surface area contributed by atoms with Crippen LogP contribution in [0.25, 0.3) is 10.9 Å². The van der Waals surface area contributed by atoms with Crippen molar-refractivity contribution in [2.75, 3.05) is 41.0 Å². The smallest absolute Gasteiger partial charge is 0.322 e. The third-order valence-corrected chi connectivity index (χ3v) is 4.68. The summed E-state index contributed by atoms with van der Waals surface area (Å²) in [4.78, 5) is 28.6. The third kappa shape index (κ3) is 3.69. The molecule has 1 aromatic heterocycles. The average molecular weight is 377 g/mol. The van der Waals surface area contributed by atoms with Gasteiger partial charge in [0, 0.05) is 43.2 Å². The largest absolute Gasteiger partial charge is 0.493 e. The predicted molar refractivity (Wildman–Crippen MR) is 98.9 cm³/mol.